The minimum atomic E-state index is 1.12. The summed E-state index contributed by atoms with van der Waals surface area (Å²) in [5.74, 6) is 0. The maximum atomic E-state index is 4.04. The molecule has 1 aromatic rings. The van der Waals surface area contributed by atoms with Crippen molar-refractivity contribution in [2.24, 2.45) is 0 Å². The van der Waals surface area contributed by atoms with Gasteiger partial charge >= 0.3 is 0 Å². The number of rotatable bonds is 4. The van der Waals surface area contributed by atoms with Gasteiger partial charge in [-0.25, -0.2) is 0 Å². The molecule has 86 valence electrons. The molecule has 0 aromatic heterocycles. The number of quaternary nitrogens is 1. The van der Waals surface area contributed by atoms with Gasteiger partial charge in [0.1, 0.15) is 0 Å². The van der Waals surface area contributed by atoms with Crippen molar-refractivity contribution in [2.45, 2.75) is 25.7 Å². The first-order valence-electron chi connectivity index (χ1n) is 6.38. The normalized spacial score (nSPS) is 19.2. The van der Waals surface area contributed by atoms with Crippen molar-refractivity contribution in [2.75, 3.05) is 19.6 Å². The molecule has 2 rings (SSSR count). The van der Waals surface area contributed by atoms with Crippen LogP contribution in [0.5, 0.6) is 0 Å². The summed E-state index contributed by atoms with van der Waals surface area (Å²) >= 11 is 0. The van der Waals surface area contributed by atoms with Gasteiger partial charge < -0.3 is 0 Å². The fraction of sp³-hybridized carbons (Fsp3) is 0.467. The molecule has 1 aliphatic heterocycles. The van der Waals surface area contributed by atoms with Crippen LogP contribution in [0.25, 0.3) is 0 Å². The highest BCUT2D eigenvalue weighted by Crippen LogP contribution is 2.20. The third-order valence-electron chi connectivity index (χ3n) is 3.78. The SMILES string of the molecule is C=C[N+]1(CCc2ccccc2)CCCCC1. The van der Waals surface area contributed by atoms with Gasteiger partial charge in [0.05, 0.1) is 25.8 Å². The van der Waals surface area contributed by atoms with Crippen LogP contribution in [0.1, 0.15) is 24.8 Å². The van der Waals surface area contributed by atoms with Crippen molar-refractivity contribution in [1.82, 2.24) is 0 Å². The van der Waals surface area contributed by atoms with E-state index in [1.54, 1.807) is 0 Å². The summed E-state index contributed by atoms with van der Waals surface area (Å²) in [7, 11) is 0. The molecule has 0 spiro atoms. The molecule has 0 N–H and O–H groups in total. The van der Waals surface area contributed by atoms with E-state index in [1.165, 1.54) is 50.9 Å². The molecule has 1 heterocycles. The number of hydrogen-bond donors (Lipinski definition) is 0. The maximum Gasteiger partial charge on any atom is 0.0885 e. The summed E-state index contributed by atoms with van der Waals surface area (Å²) in [6.45, 7) is 7.83. The first-order chi connectivity index (χ1) is 7.85. The van der Waals surface area contributed by atoms with Crippen LogP contribution in [0, 0.1) is 0 Å². The largest absolute Gasteiger partial charge is 0.298 e. The van der Waals surface area contributed by atoms with Gasteiger partial charge in [0, 0.05) is 6.42 Å². The molecule has 1 fully saturated rings. The highest BCUT2D eigenvalue weighted by atomic mass is 15.3. The Morgan fingerprint density at radius 1 is 1.06 bits per heavy atom. The zero-order valence-corrected chi connectivity index (χ0v) is 10.1. The minimum absolute atomic E-state index is 1.12. The molecule has 0 unspecified atom stereocenters. The number of likely N-dealkylation sites (tertiary alicyclic amines) is 1. The Morgan fingerprint density at radius 3 is 2.38 bits per heavy atom. The summed E-state index contributed by atoms with van der Waals surface area (Å²) in [5.41, 5.74) is 1.45. The summed E-state index contributed by atoms with van der Waals surface area (Å²) in [6.07, 6.45) is 7.47. The van der Waals surface area contributed by atoms with Crippen LogP contribution in [0.3, 0.4) is 0 Å². The predicted octanol–water partition coefficient (Wildman–Crippen LogP) is 3.37. The third-order valence-corrected chi connectivity index (χ3v) is 3.78. The van der Waals surface area contributed by atoms with Gasteiger partial charge in [-0.05, 0) is 31.4 Å². The molecule has 0 amide bonds. The van der Waals surface area contributed by atoms with E-state index in [2.05, 4.69) is 43.1 Å². The van der Waals surface area contributed by atoms with E-state index in [9.17, 15) is 0 Å². The fourth-order valence-electron chi connectivity index (χ4n) is 2.64. The lowest BCUT2D eigenvalue weighted by Gasteiger charge is -2.38. The summed E-state index contributed by atoms with van der Waals surface area (Å²) < 4.78 is 1.12. The molecule has 1 nitrogen and oxygen atoms in total. The minimum Gasteiger partial charge on any atom is -0.298 e. The van der Waals surface area contributed by atoms with Gasteiger partial charge in [0.15, 0.2) is 0 Å². The van der Waals surface area contributed by atoms with Gasteiger partial charge in [0.2, 0.25) is 0 Å². The molecule has 16 heavy (non-hydrogen) atoms. The molecule has 1 saturated heterocycles. The summed E-state index contributed by atoms with van der Waals surface area (Å²) in [6, 6.07) is 10.8. The maximum absolute atomic E-state index is 4.04. The zero-order valence-electron chi connectivity index (χ0n) is 10.1. The van der Waals surface area contributed by atoms with Crippen molar-refractivity contribution in [3.63, 3.8) is 0 Å². The molecule has 1 aliphatic rings. The molecule has 0 radical (unpaired) electrons. The van der Waals surface area contributed by atoms with Crippen molar-refractivity contribution in [3.05, 3.63) is 48.7 Å². The molecule has 0 aliphatic carbocycles. The zero-order chi connectivity index (χ0) is 11.3. The highest BCUT2D eigenvalue weighted by Gasteiger charge is 2.26. The molecule has 0 saturated carbocycles. The van der Waals surface area contributed by atoms with Gasteiger partial charge in [-0.2, -0.15) is 0 Å². The van der Waals surface area contributed by atoms with E-state index < -0.39 is 0 Å². The van der Waals surface area contributed by atoms with E-state index >= 15 is 0 Å². The van der Waals surface area contributed by atoms with Crippen LogP contribution in [0.2, 0.25) is 0 Å². The molecular weight excluding hydrogens is 194 g/mol. The summed E-state index contributed by atoms with van der Waals surface area (Å²) in [4.78, 5) is 0. The predicted molar refractivity (Wildman–Crippen MR) is 69.1 cm³/mol. The Kier molecular flexibility index (Phi) is 3.79. The second kappa shape index (κ2) is 5.31. The number of piperidine rings is 1. The topological polar surface area (TPSA) is 0 Å². The Labute approximate surface area is 99.0 Å². The number of hydrogen-bond acceptors (Lipinski definition) is 0. The van der Waals surface area contributed by atoms with Crippen LogP contribution in [0.15, 0.2) is 43.1 Å². The van der Waals surface area contributed by atoms with Crippen LogP contribution < -0.4 is 0 Å². The van der Waals surface area contributed by atoms with E-state index in [-0.39, 0.29) is 0 Å². The van der Waals surface area contributed by atoms with E-state index in [0.29, 0.717) is 0 Å². The number of benzene rings is 1. The lowest BCUT2D eigenvalue weighted by molar-refractivity contribution is -0.883. The Balaban J connectivity index is 1.94. The van der Waals surface area contributed by atoms with Gasteiger partial charge in [-0.15, -0.1) is 0 Å². The van der Waals surface area contributed by atoms with E-state index in [1.807, 2.05) is 0 Å². The van der Waals surface area contributed by atoms with Gasteiger partial charge in [0.25, 0.3) is 0 Å². The second-order valence-corrected chi connectivity index (χ2v) is 4.87. The monoisotopic (exact) mass is 216 g/mol. The van der Waals surface area contributed by atoms with Gasteiger partial charge in [-0.1, -0.05) is 30.3 Å². The molecule has 1 heteroatoms. The van der Waals surface area contributed by atoms with Crippen molar-refractivity contribution in [3.8, 4) is 0 Å². The van der Waals surface area contributed by atoms with Crippen molar-refractivity contribution >= 4 is 0 Å². The first kappa shape index (κ1) is 11.4. The van der Waals surface area contributed by atoms with Crippen molar-refractivity contribution < 1.29 is 4.48 Å². The fourth-order valence-corrected chi connectivity index (χ4v) is 2.64. The summed E-state index contributed by atoms with van der Waals surface area (Å²) in [5, 5.41) is 0. The quantitative estimate of drug-likeness (QED) is 0.677. The smallest absolute Gasteiger partial charge is 0.0885 e. The third kappa shape index (κ3) is 2.73. The Hall–Kier alpha value is -1.08. The first-order valence-corrected chi connectivity index (χ1v) is 6.38. The Bertz CT molecular complexity index is 323. The van der Waals surface area contributed by atoms with Gasteiger partial charge in [-0.3, -0.25) is 4.48 Å². The van der Waals surface area contributed by atoms with Crippen LogP contribution >= 0.6 is 0 Å². The van der Waals surface area contributed by atoms with Crippen LogP contribution in [-0.2, 0) is 6.42 Å². The highest BCUT2D eigenvalue weighted by molar-refractivity contribution is 5.14. The lowest BCUT2D eigenvalue weighted by Crippen LogP contribution is -2.47. The van der Waals surface area contributed by atoms with Crippen LogP contribution in [0.4, 0.5) is 0 Å². The standard InChI is InChI=1S/C15H22N/c1-2-16(12-7-4-8-13-16)14-11-15-9-5-3-6-10-15/h2-3,5-6,9-10H,1,4,7-8,11-14H2/q+1. The second-order valence-electron chi connectivity index (χ2n) is 4.87. The average molecular weight is 216 g/mol. The van der Waals surface area contributed by atoms with E-state index in [0.717, 1.165) is 4.48 Å². The van der Waals surface area contributed by atoms with E-state index in [4.69, 9.17) is 0 Å². The lowest BCUT2D eigenvalue weighted by atomic mass is 10.1. The number of nitrogens with zero attached hydrogens (tertiary/aromatic N) is 1. The molecule has 0 atom stereocenters. The van der Waals surface area contributed by atoms with Crippen molar-refractivity contribution in [1.29, 1.82) is 0 Å². The molecule has 0 bridgehead atoms. The Morgan fingerprint density at radius 2 is 1.75 bits per heavy atom. The average Bonchev–Trinajstić information content (AvgIpc) is 2.39. The molecule has 1 aromatic carbocycles. The van der Waals surface area contributed by atoms with Crippen LogP contribution in [-0.4, -0.2) is 24.1 Å². The molecular formula is C15H22N+.